The van der Waals surface area contributed by atoms with E-state index in [-0.39, 0.29) is 0 Å². The zero-order valence-corrected chi connectivity index (χ0v) is 11.6. The van der Waals surface area contributed by atoms with Gasteiger partial charge < -0.3 is 4.74 Å². The Balaban J connectivity index is 1.75. The van der Waals surface area contributed by atoms with Crippen LogP contribution in [0.3, 0.4) is 0 Å². The fraction of sp³-hybridized carbons (Fsp3) is 0.200. The Morgan fingerprint density at radius 1 is 1.11 bits per heavy atom. The Labute approximate surface area is 115 Å². The van der Waals surface area contributed by atoms with Gasteiger partial charge in [0.1, 0.15) is 12.5 Å². The summed E-state index contributed by atoms with van der Waals surface area (Å²) in [5.41, 5.74) is 2.56. The maximum absolute atomic E-state index is 5.77. The van der Waals surface area contributed by atoms with Gasteiger partial charge in [-0.2, -0.15) is 0 Å². The van der Waals surface area contributed by atoms with Crippen LogP contribution >= 0.6 is 15.9 Å². The van der Waals surface area contributed by atoms with E-state index in [1.165, 1.54) is 11.1 Å². The van der Waals surface area contributed by atoms with E-state index in [9.17, 15) is 0 Å². The summed E-state index contributed by atoms with van der Waals surface area (Å²) in [5.74, 6) is 1.00. The minimum Gasteiger partial charge on any atom is -0.478 e. The average Bonchev–Trinajstić information content (AvgIpc) is 2.39. The molecule has 0 saturated heterocycles. The molecule has 0 atom stereocenters. The number of hydrogen-bond acceptors (Lipinski definition) is 2. The molecule has 92 valence electrons. The zero-order chi connectivity index (χ0) is 12.4. The van der Waals surface area contributed by atoms with Crippen molar-refractivity contribution < 1.29 is 4.74 Å². The van der Waals surface area contributed by atoms with Crippen molar-refractivity contribution in [3.8, 4) is 5.75 Å². The summed E-state index contributed by atoms with van der Waals surface area (Å²) in [6, 6.07) is 16.7. The molecule has 0 bridgehead atoms. The largest absolute Gasteiger partial charge is 0.478 e. The molecule has 1 aliphatic rings. The van der Waals surface area contributed by atoms with Gasteiger partial charge >= 0.3 is 0 Å². The van der Waals surface area contributed by atoms with E-state index in [4.69, 9.17) is 4.74 Å². The van der Waals surface area contributed by atoms with Crippen molar-refractivity contribution in [2.24, 2.45) is 0 Å². The summed E-state index contributed by atoms with van der Waals surface area (Å²) in [6.45, 7) is 2.51. The van der Waals surface area contributed by atoms with Crippen LogP contribution in [-0.2, 0) is 13.1 Å². The molecule has 3 heteroatoms. The number of benzene rings is 2. The predicted molar refractivity (Wildman–Crippen MR) is 75.3 cm³/mol. The summed E-state index contributed by atoms with van der Waals surface area (Å²) in [7, 11) is 0. The van der Waals surface area contributed by atoms with Gasteiger partial charge in [-0.3, -0.25) is 4.90 Å². The van der Waals surface area contributed by atoms with Gasteiger partial charge in [-0.1, -0.05) is 46.3 Å². The highest BCUT2D eigenvalue weighted by Gasteiger charge is 2.17. The molecule has 0 amide bonds. The van der Waals surface area contributed by atoms with Crippen molar-refractivity contribution in [1.29, 1.82) is 0 Å². The lowest BCUT2D eigenvalue weighted by Gasteiger charge is -2.29. The molecular weight excluding hydrogens is 290 g/mol. The molecule has 1 aliphatic heterocycles. The summed E-state index contributed by atoms with van der Waals surface area (Å²) < 4.78 is 6.87. The Hall–Kier alpha value is -1.32. The van der Waals surface area contributed by atoms with E-state index < -0.39 is 0 Å². The fourth-order valence-corrected chi connectivity index (χ4v) is 2.61. The highest BCUT2D eigenvalue weighted by atomic mass is 79.9. The summed E-state index contributed by atoms with van der Waals surface area (Å²) in [5, 5.41) is 0. The highest BCUT2D eigenvalue weighted by molar-refractivity contribution is 9.10. The van der Waals surface area contributed by atoms with Crippen LogP contribution in [0.1, 0.15) is 11.1 Å². The first-order valence-corrected chi connectivity index (χ1v) is 6.78. The fourth-order valence-electron chi connectivity index (χ4n) is 2.20. The second kappa shape index (κ2) is 5.12. The number of fused-ring (bicyclic) bond motifs is 1. The Bertz CT molecular complexity index is 541. The second-order valence-electron chi connectivity index (χ2n) is 4.50. The molecule has 0 radical (unpaired) electrons. The first kappa shape index (κ1) is 11.8. The van der Waals surface area contributed by atoms with Crippen LogP contribution in [0.4, 0.5) is 0 Å². The molecule has 0 aliphatic carbocycles. The first-order valence-electron chi connectivity index (χ1n) is 5.99. The van der Waals surface area contributed by atoms with Crippen molar-refractivity contribution in [2.75, 3.05) is 6.73 Å². The number of halogens is 1. The van der Waals surface area contributed by atoms with Gasteiger partial charge in [0.05, 0.1) is 0 Å². The third-order valence-electron chi connectivity index (χ3n) is 3.07. The average molecular weight is 304 g/mol. The summed E-state index contributed by atoms with van der Waals surface area (Å²) in [4.78, 5) is 2.30. The van der Waals surface area contributed by atoms with Gasteiger partial charge in [0.25, 0.3) is 0 Å². The van der Waals surface area contributed by atoms with E-state index in [2.05, 4.69) is 51.2 Å². The third kappa shape index (κ3) is 2.57. The lowest BCUT2D eigenvalue weighted by Crippen LogP contribution is -2.31. The molecular formula is C15H14BrNO. The molecule has 0 N–H and O–H groups in total. The van der Waals surface area contributed by atoms with Crippen molar-refractivity contribution in [1.82, 2.24) is 4.90 Å². The van der Waals surface area contributed by atoms with Crippen molar-refractivity contribution in [3.05, 3.63) is 64.1 Å². The molecule has 2 aromatic rings. The minimum absolute atomic E-state index is 0.656. The number of hydrogen-bond donors (Lipinski definition) is 0. The zero-order valence-electron chi connectivity index (χ0n) is 9.97. The molecule has 0 saturated carbocycles. The first-order chi connectivity index (χ1) is 8.81. The molecule has 0 aromatic heterocycles. The van der Waals surface area contributed by atoms with Crippen LogP contribution in [0.25, 0.3) is 0 Å². The smallest absolute Gasteiger partial charge is 0.142 e. The number of ether oxygens (including phenoxy) is 1. The summed E-state index contributed by atoms with van der Waals surface area (Å²) >= 11 is 3.50. The molecule has 2 nitrogen and oxygen atoms in total. The van der Waals surface area contributed by atoms with E-state index in [0.717, 1.165) is 23.3 Å². The van der Waals surface area contributed by atoms with E-state index >= 15 is 0 Å². The van der Waals surface area contributed by atoms with E-state index in [1.807, 2.05) is 18.2 Å². The highest BCUT2D eigenvalue weighted by Crippen LogP contribution is 2.28. The van der Waals surface area contributed by atoms with Gasteiger partial charge in [0, 0.05) is 23.1 Å². The summed E-state index contributed by atoms with van der Waals surface area (Å²) in [6.07, 6.45) is 0. The molecule has 18 heavy (non-hydrogen) atoms. The van der Waals surface area contributed by atoms with Gasteiger partial charge in [0.15, 0.2) is 0 Å². The van der Waals surface area contributed by atoms with Gasteiger partial charge in [-0.15, -0.1) is 0 Å². The van der Waals surface area contributed by atoms with E-state index in [0.29, 0.717) is 6.73 Å². The Morgan fingerprint density at radius 2 is 1.94 bits per heavy atom. The van der Waals surface area contributed by atoms with Crippen molar-refractivity contribution >= 4 is 15.9 Å². The predicted octanol–water partition coefficient (Wildman–Crippen LogP) is 3.80. The molecule has 0 fully saturated rings. The quantitative estimate of drug-likeness (QED) is 0.837. The molecule has 1 heterocycles. The maximum atomic E-state index is 5.77. The second-order valence-corrected chi connectivity index (χ2v) is 5.41. The van der Waals surface area contributed by atoms with Crippen LogP contribution in [0.5, 0.6) is 5.75 Å². The SMILES string of the molecule is Brc1ccc2c(c1)CN(Cc1ccccc1)CO2. The monoisotopic (exact) mass is 303 g/mol. The van der Waals surface area contributed by atoms with Gasteiger partial charge in [0.2, 0.25) is 0 Å². The number of rotatable bonds is 2. The Kier molecular flexibility index (Phi) is 3.35. The van der Waals surface area contributed by atoms with Crippen LogP contribution < -0.4 is 4.74 Å². The van der Waals surface area contributed by atoms with Crippen molar-refractivity contribution in [3.63, 3.8) is 0 Å². The van der Waals surface area contributed by atoms with Crippen LogP contribution in [0, 0.1) is 0 Å². The Morgan fingerprint density at radius 3 is 2.78 bits per heavy atom. The van der Waals surface area contributed by atoms with Crippen LogP contribution in [0.15, 0.2) is 53.0 Å². The maximum Gasteiger partial charge on any atom is 0.142 e. The topological polar surface area (TPSA) is 12.5 Å². The normalized spacial score (nSPS) is 14.9. The third-order valence-corrected chi connectivity index (χ3v) is 3.56. The van der Waals surface area contributed by atoms with Gasteiger partial charge in [-0.25, -0.2) is 0 Å². The van der Waals surface area contributed by atoms with Crippen molar-refractivity contribution in [2.45, 2.75) is 13.1 Å². The van der Waals surface area contributed by atoms with Gasteiger partial charge in [-0.05, 0) is 23.8 Å². The molecule has 3 rings (SSSR count). The lowest BCUT2D eigenvalue weighted by molar-refractivity contribution is 0.0887. The lowest BCUT2D eigenvalue weighted by atomic mass is 10.1. The molecule has 2 aromatic carbocycles. The minimum atomic E-state index is 0.656. The molecule has 0 unspecified atom stereocenters. The van der Waals surface area contributed by atoms with E-state index in [1.54, 1.807) is 0 Å². The standard InChI is InChI=1S/C15H14BrNO/c16-14-6-7-15-13(8-14)10-17(11-18-15)9-12-4-2-1-3-5-12/h1-8H,9-11H2. The molecule has 0 spiro atoms. The van der Waals surface area contributed by atoms with Crippen LogP contribution in [0.2, 0.25) is 0 Å². The number of nitrogens with zero attached hydrogens (tertiary/aromatic N) is 1. The van der Waals surface area contributed by atoms with Crippen LogP contribution in [-0.4, -0.2) is 11.6 Å².